The minimum Gasteiger partial charge on any atom is -0.383 e. The predicted octanol–water partition coefficient (Wildman–Crippen LogP) is 3.82. The highest BCUT2D eigenvalue weighted by Gasteiger charge is 2.54. The summed E-state index contributed by atoms with van der Waals surface area (Å²) in [6.45, 7) is 0. The molecule has 1 N–H and O–H groups in total. The van der Waals surface area contributed by atoms with Crippen molar-refractivity contribution in [1.82, 2.24) is 0 Å². The van der Waals surface area contributed by atoms with Crippen LogP contribution in [0.3, 0.4) is 0 Å². The quantitative estimate of drug-likeness (QED) is 0.790. The molecule has 3 heteroatoms. The molecule has 20 heavy (non-hydrogen) atoms. The lowest BCUT2D eigenvalue weighted by atomic mass is 9.65. The van der Waals surface area contributed by atoms with Crippen LogP contribution < -0.4 is 0 Å². The molecule has 0 heterocycles. The number of halogens is 1. The van der Waals surface area contributed by atoms with E-state index in [1.54, 1.807) is 6.07 Å². The minimum atomic E-state index is -1.10. The van der Waals surface area contributed by atoms with Crippen molar-refractivity contribution in [2.24, 2.45) is 5.41 Å². The summed E-state index contributed by atoms with van der Waals surface area (Å²) in [4.78, 5) is 0. The largest absolute Gasteiger partial charge is 0.383 e. The van der Waals surface area contributed by atoms with E-state index in [4.69, 9.17) is 0 Å². The Bertz CT molecular complexity index is 555. The Kier molecular flexibility index (Phi) is 3.30. The Balaban J connectivity index is 2.07. The minimum absolute atomic E-state index is 0.264. The monoisotopic (exact) mass is 273 g/mol. The zero-order chi connectivity index (χ0) is 14.2. The van der Waals surface area contributed by atoms with Crippen molar-refractivity contribution < 1.29 is 9.50 Å². The zero-order valence-corrected chi connectivity index (χ0v) is 11.7. The number of rotatable bonds is 1. The van der Waals surface area contributed by atoms with Gasteiger partial charge in [-0.15, -0.1) is 0 Å². The highest BCUT2D eigenvalue weighted by Crippen LogP contribution is 2.54. The van der Waals surface area contributed by atoms with E-state index in [0.717, 1.165) is 49.7 Å². The second-order valence-electron chi connectivity index (χ2n) is 6.27. The van der Waals surface area contributed by atoms with Crippen LogP contribution in [0.15, 0.2) is 18.2 Å². The lowest BCUT2D eigenvalue weighted by Crippen LogP contribution is -2.43. The molecule has 3 rings (SSSR count). The third kappa shape index (κ3) is 1.86. The van der Waals surface area contributed by atoms with Crippen molar-refractivity contribution in [3.05, 3.63) is 35.1 Å². The van der Waals surface area contributed by atoms with Gasteiger partial charge in [-0.05, 0) is 48.9 Å². The summed E-state index contributed by atoms with van der Waals surface area (Å²) in [6.07, 6.45) is 6.95. The summed E-state index contributed by atoms with van der Waals surface area (Å²) < 4.78 is 13.4. The van der Waals surface area contributed by atoms with Crippen LogP contribution in [0.2, 0.25) is 0 Å². The van der Waals surface area contributed by atoms with Crippen LogP contribution in [0.25, 0.3) is 0 Å². The lowest BCUT2D eigenvalue weighted by molar-refractivity contribution is -0.0680. The number of aliphatic hydroxyl groups is 1. The Morgan fingerprint density at radius 3 is 2.45 bits per heavy atom. The molecule has 2 nitrogen and oxygen atoms in total. The first-order chi connectivity index (χ1) is 9.61. The van der Waals surface area contributed by atoms with E-state index in [1.165, 1.54) is 12.1 Å². The molecule has 0 saturated heterocycles. The first-order valence-electron chi connectivity index (χ1n) is 7.54. The molecule has 1 unspecified atom stereocenters. The fraction of sp³-hybridized carbons (Fsp3) is 0.588. The molecule has 0 aromatic heterocycles. The van der Waals surface area contributed by atoms with Gasteiger partial charge in [-0.3, -0.25) is 0 Å². The van der Waals surface area contributed by atoms with Crippen molar-refractivity contribution in [3.8, 4) is 6.07 Å². The van der Waals surface area contributed by atoms with Gasteiger partial charge in [-0.2, -0.15) is 5.26 Å². The number of hydrogen-bond acceptors (Lipinski definition) is 2. The summed E-state index contributed by atoms with van der Waals surface area (Å²) >= 11 is 0. The predicted molar refractivity (Wildman–Crippen MR) is 74.4 cm³/mol. The highest BCUT2D eigenvalue weighted by molar-refractivity contribution is 5.41. The Hall–Kier alpha value is -1.40. The van der Waals surface area contributed by atoms with Gasteiger partial charge in [0.05, 0.1) is 11.5 Å². The average Bonchev–Trinajstić information content (AvgIpc) is 2.66. The molecule has 0 amide bonds. The van der Waals surface area contributed by atoms with Crippen LogP contribution in [0, 0.1) is 22.6 Å². The van der Waals surface area contributed by atoms with Gasteiger partial charge in [0.25, 0.3) is 0 Å². The molecule has 0 bridgehead atoms. The molecule has 1 saturated carbocycles. The molecule has 2 aliphatic carbocycles. The van der Waals surface area contributed by atoms with E-state index in [9.17, 15) is 14.8 Å². The van der Waals surface area contributed by atoms with Gasteiger partial charge < -0.3 is 5.11 Å². The van der Waals surface area contributed by atoms with Crippen LogP contribution in [0.1, 0.15) is 56.1 Å². The van der Waals surface area contributed by atoms with E-state index in [0.29, 0.717) is 12.8 Å². The van der Waals surface area contributed by atoms with Crippen molar-refractivity contribution in [3.63, 3.8) is 0 Å². The first-order valence-corrected chi connectivity index (χ1v) is 7.54. The highest BCUT2D eigenvalue weighted by atomic mass is 19.1. The summed E-state index contributed by atoms with van der Waals surface area (Å²) in [5.74, 6) is -0.264. The molecule has 0 spiro atoms. The second kappa shape index (κ2) is 4.86. The topological polar surface area (TPSA) is 44.0 Å². The molecule has 2 aliphatic rings. The van der Waals surface area contributed by atoms with E-state index >= 15 is 0 Å². The number of hydrogen-bond donors (Lipinski definition) is 1. The summed E-state index contributed by atoms with van der Waals surface area (Å²) in [7, 11) is 0. The fourth-order valence-corrected chi connectivity index (χ4v) is 4.07. The lowest BCUT2D eigenvalue weighted by Gasteiger charge is -2.40. The third-order valence-electron chi connectivity index (χ3n) is 5.23. The van der Waals surface area contributed by atoms with Crippen molar-refractivity contribution in [1.29, 1.82) is 5.26 Å². The first kappa shape index (κ1) is 13.6. The van der Waals surface area contributed by atoms with Gasteiger partial charge >= 0.3 is 0 Å². The maximum absolute atomic E-state index is 13.4. The average molecular weight is 273 g/mol. The summed E-state index contributed by atoms with van der Waals surface area (Å²) in [5, 5.41) is 21.1. The number of benzene rings is 1. The van der Waals surface area contributed by atoms with E-state index in [1.807, 2.05) is 0 Å². The van der Waals surface area contributed by atoms with Crippen molar-refractivity contribution in [2.45, 2.75) is 57.0 Å². The molecule has 106 valence electrons. The van der Waals surface area contributed by atoms with Crippen molar-refractivity contribution in [2.75, 3.05) is 0 Å². The molecule has 0 aliphatic heterocycles. The summed E-state index contributed by atoms with van der Waals surface area (Å²) in [5.41, 5.74) is -0.157. The van der Waals surface area contributed by atoms with Gasteiger partial charge in [0, 0.05) is 0 Å². The zero-order valence-electron chi connectivity index (χ0n) is 11.7. The fourth-order valence-electron chi connectivity index (χ4n) is 4.07. The summed E-state index contributed by atoms with van der Waals surface area (Å²) in [6, 6.07) is 7.04. The van der Waals surface area contributed by atoms with Crippen LogP contribution in [-0.4, -0.2) is 5.11 Å². The van der Waals surface area contributed by atoms with Crippen LogP contribution in [-0.2, 0) is 12.0 Å². The number of nitriles is 1. The Labute approximate surface area is 119 Å². The molecule has 1 aromatic carbocycles. The number of nitrogens with zero attached hydrogens (tertiary/aromatic N) is 1. The number of fused-ring (bicyclic) bond motifs is 1. The molecule has 1 atom stereocenters. The Morgan fingerprint density at radius 2 is 1.80 bits per heavy atom. The second-order valence-corrected chi connectivity index (χ2v) is 6.27. The Morgan fingerprint density at radius 1 is 1.10 bits per heavy atom. The number of aryl methyl sites for hydroxylation is 1. The molecular weight excluding hydrogens is 253 g/mol. The van der Waals surface area contributed by atoms with Crippen molar-refractivity contribution >= 4 is 0 Å². The SMILES string of the molecule is N#CC1(C2(O)CCc3cc(F)ccc32)CCCCCC1. The maximum Gasteiger partial charge on any atom is 0.123 e. The standard InChI is InChI=1S/C17H20FNO/c18-14-5-6-15-13(11-14)7-10-17(15,20)16(12-19)8-3-1-2-4-9-16/h5-6,11,20H,1-4,7-10H2. The van der Waals surface area contributed by atoms with Crippen LogP contribution in [0.4, 0.5) is 4.39 Å². The molecule has 1 fully saturated rings. The maximum atomic E-state index is 13.4. The van der Waals surface area contributed by atoms with E-state index in [2.05, 4.69) is 6.07 Å². The third-order valence-corrected chi connectivity index (χ3v) is 5.23. The van der Waals surface area contributed by atoms with E-state index in [-0.39, 0.29) is 5.82 Å². The molecule has 1 aromatic rings. The van der Waals surface area contributed by atoms with Gasteiger partial charge in [0.2, 0.25) is 0 Å². The van der Waals surface area contributed by atoms with Gasteiger partial charge in [-0.25, -0.2) is 4.39 Å². The van der Waals surface area contributed by atoms with Crippen LogP contribution >= 0.6 is 0 Å². The van der Waals surface area contributed by atoms with Gasteiger partial charge in [-0.1, -0.05) is 31.7 Å². The van der Waals surface area contributed by atoms with Crippen LogP contribution in [0.5, 0.6) is 0 Å². The molecular formula is C17H20FNO. The smallest absolute Gasteiger partial charge is 0.123 e. The van der Waals surface area contributed by atoms with E-state index < -0.39 is 11.0 Å². The normalized spacial score (nSPS) is 28.4. The van der Waals surface area contributed by atoms with Gasteiger partial charge in [0.1, 0.15) is 11.4 Å². The van der Waals surface area contributed by atoms with Gasteiger partial charge in [0.15, 0.2) is 0 Å². The molecule has 0 radical (unpaired) electrons.